The number of quaternary nitrogens is 1. The van der Waals surface area contributed by atoms with Crippen molar-refractivity contribution in [2.45, 2.75) is 33.9 Å². The number of nitrogens with zero attached hydrogens (tertiary/aromatic N) is 1. The van der Waals surface area contributed by atoms with Crippen LogP contribution in [-0.4, -0.2) is 30.3 Å². The Balaban J connectivity index is 0. The number of hydrogen-bond acceptors (Lipinski definition) is 1. The van der Waals surface area contributed by atoms with Gasteiger partial charge >= 0.3 is 0 Å². The van der Waals surface area contributed by atoms with Gasteiger partial charge in [0.2, 0.25) is 0 Å². The highest BCUT2D eigenvalue weighted by atomic mass is 35.5. The lowest BCUT2D eigenvalue weighted by Crippen LogP contribution is -3.00. The number of nitrogens with two attached hydrogens (primary N) is 1. The van der Waals surface area contributed by atoms with Gasteiger partial charge in [0.15, 0.2) is 0 Å². The van der Waals surface area contributed by atoms with Crippen molar-refractivity contribution < 1.29 is 16.9 Å². The number of rotatable bonds is 4. The fourth-order valence-corrected chi connectivity index (χ4v) is 1.53. The van der Waals surface area contributed by atoms with Crippen LogP contribution in [0.2, 0.25) is 0 Å². The van der Waals surface area contributed by atoms with Gasteiger partial charge < -0.3 is 16.9 Å². The summed E-state index contributed by atoms with van der Waals surface area (Å²) in [6.07, 6.45) is 0.278. The molecule has 0 aromatic heterocycles. The molecule has 70 valence electrons. The average molecular weight is 181 g/mol. The van der Waals surface area contributed by atoms with Crippen molar-refractivity contribution in [3.8, 4) is 0 Å². The Kier molecular flexibility index (Phi) is 7.28. The first kappa shape index (κ1) is 13.8. The van der Waals surface area contributed by atoms with Gasteiger partial charge in [-0.05, 0) is 20.8 Å². The molecule has 11 heavy (non-hydrogen) atoms. The van der Waals surface area contributed by atoms with E-state index in [0.717, 1.165) is 24.1 Å². The summed E-state index contributed by atoms with van der Waals surface area (Å²) in [6, 6.07) is 0. The second-order valence-electron chi connectivity index (χ2n) is 2.91. The van der Waals surface area contributed by atoms with Crippen LogP contribution in [0.1, 0.15) is 27.7 Å². The molecule has 0 aliphatic heterocycles. The van der Waals surface area contributed by atoms with Crippen LogP contribution in [0.3, 0.4) is 0 Å². The Bertz CT molecular complexity index is 81.8. The van der Waals surface area contributed by atoms with Crippen LogP contribution >= 0.6 is 0 Å². The molecule has 1 unspecified atom stereocenters. The quantitative estimate of drug-likeness (QED) is 0.400. The Hall–Kier alpha value is 0.210. The van der Waals surface area contributed by atoms with Gasteiger partial charge in [-0.3, -0.25) is 5.73 Å². The molecule has 0 saturated heterocycles. The van der Waals surface area contributed by atoms with Gasteiger partial charge in [0, 0.05) is 6.92 Å². The Morgan fingerprint density at radius 2 is 1.36 bits per heavy atom. The van der Waals surface area contributed by atoms with E-state index in [4.69, 9.17) is 5.73 Å². The lowest BCUT2D eigenvalue weighted by molar-refractivity contribution is -0.944. The van der Waals surface area contributed by atoms with Gasteiger partial charge in [0.05, 0.1) is 19.6 Å². The standard InChI is InChI=1S/C8H21N2.ClH/c1-5-10(6-2,7-3)8(4)9;/h8H,5-7,9H2,1-4H3;1H/q+1;/p-1. The average Bonchev–Trinajstić information content (AvgIpc) is 1.92. The zero-order valence-corrected chi connectivity index (χ0v) is 8.86. The van der Waals surface area contributed by atoms with Crippen molar-refractivity contribution >= 4 is 0 Å². The normalized spacial score (nSPS) is 13.9. The molecular weight excluding hydrogens is 160 g/mol. The van der Waals surface area contributed by atoms with E-state index in [0.29, 0.717) is 0 Å². The minimum Gasteiger partial charge on any atom is -1.00 e. The molecular formula is C8H21ClN2. The van der Waals surface area contributed by atoms with Gasteiger partial charge in [0.1, 0.15) is 6.17 Å². The van der Waals surface area contributed by atoms with E-state index in [1.54, 1.807) is 0 Å². The molecule has 0 aliphatic carbocycles. The molecule has 0 aromatic carbocycles. The monoisotopic (exact) mass is 180 g/mol. The van der Waals surface area contributed by atoms with Crippen molar-refractivity contribution in [3.05, 3.63) is 0 Å². The molecule has 0 bridgehead atoms. The largest absolute Gasteiger partial charge is 1.00 e. The van der Waals surface area contributed by atoms with E-state index >= 15 is 0 Å². The van der Waals surface area contributed by atoms with Crippen LogP contribution in [0, 0.1) is 0 Å². The maximum atomic E-state index is 5.88. The third-order valence-corrected chi connectivity index (χ3v) is 2.75. The van der Waals surface area contributed by atoms with Gasteiger partial charge in [-0.25, -0.2) is 0 Å². The van der Waals surface area contributed by atoms with E-state index in [-0.39, 0.29) is 18.6 Å². The third kappa shape index (κ3) is 2.97. The molecule has 3 heteroatoms. The van der Waals surface area contributed by atoms with Crippen LogP contribution in [0.5, 0.6) is 0 Å². The molecule has 0 aromatic rings. The molecule has 0 aliphatic rings. The summed E-state index contributed by atoms with van der Waals surface area (Å²) in [7, 11) is 0. The summed E-state index contributed by atoms with van der Waals surface area (Å²) in [6.45, 7) is 12.1. The zero-order chi connectivity index (χ0) is 8.20. The van der Waals surface area contributed by atoms with Crippen LogP contribution in [0.15, 0.2) is 0 Å². The highest BCUT2D eigenvalue weighted by Crippen LogP contribution is 2.07. The molecule has 1 atom stereocenters. The summed E-state index contributed by atoms with van der Waals surface area (Å²) in [5.74, 6) is 0. The van der Waals surface area contributed by atoms with Gasteiger partial charge in [0.25, 0.3) is 0 Å². The van der Waals surface area contributed by atoms with Crippen LogP contribution in [0.4, 0.5) is 0 Å². The Morgan fingerprint density at radius 1 is 1.09 bits per heavy atom. The van der Waals surface area contributed by atoms with Gasteiger partial charge in [-0.1, -0.05) is 0 Å². The summed E-state index contributed by atoms with van der Waals surface area (Å²) in [4.78, 5) is 0. The first-order chi connectivity index (χ1) is 4.63. The van der Waals surface area contributed by atoms with E-state index in [9.17, 15) is 0 Å². The SMILES string of the molecule is CC[N+](CC)(CC)C(C)N.[Cl-]. The summed E-state index contributed by atoms with van der Waals surface area (Å²) in [5, 5.41) is 0. The molecule has 0 saturated carbocycles. The lowest BCUT2D eigenvalue weighted by Gasteiger charge is -2.39. The van der Waals surface area contributed by atoms with E-state index in [1.165, 1.54) is 0 Å². The number of hydrogen-bond donors (Lipinski definition) is 1. The number of halogens is 1. The highest BCUT2D eigenvalue weighted by molar-refractivity contribution is 4.41. The molecule has 0 spiro atoms. The maximum absolute atomic E-state index is 5.88. The van der Waals surface area contributed by atoms with Crippen LogP contribution in [0.25, 0.3) is 0 Å². The fourth-order valence-electron chi connectivity index (χ4n) is 1.53. The minimum absolute atomic E-state index is 0. The van der Waals surface area contributed by atoms with Crippen molar-refractivity contribution in [2.24, 2.45) is 5.73 Å². The molecule has 0 fully saturated rings. The summed E-state index contributed by atoms with van der Waals surface area (Å²) >= 11 is 0. The van der Waals surface area contributed by atoms with Crippen molar-refractivity contribution in [1.29, 1.82) is 0 Å². The first-order valence-corrected chi connectivity index (χ1v) is 4.24. The predicted octanol–water partition coefficient (Wildman–Crippen LogP) is -1.83. The molecule has 2 nitrogen and oxygen atoms in total. The van der Waals surface area contributed by atoms with Crippen molar-refractivity contribution in [3.63, 3.8) is 0 Å². The first-order valence-electron chi connectivity index (χ1n) is 4.24. The Morgan fingerprint density at radius 3 is 1.36 bits per heavy atom. The van der Waals surface area contributed by atoms with Crippen molar-refractivity contribution in [1.82, 2.24) is 0 Å². The van der Waals surface area contributed by atoms with E-state index < -0.39 is 0 Å². The highest BCUT2D eigenvalue weighted by Gasteiger charge is 2.24. The van der Waals surface area contributed by atoms with Gasteiger partial charge in [-0.15, -0.1) is 0 Å². The smallest absolute Gasteiger partial charge is 0.137 e. The lowest BCUT2D eigenvalue weighted by atomic mass is 10.3. The fraction of sp³-hybridized carbons (Fsp3) is 1.00. The summed E-state index contributed by atoms with van der Waals surface area (Å²) in [5.41, 5.74) is 5.88. The van der Waals surface area contributed by atoms with Gasteiger partial charge in [-0.2, -0.15) is 0 Å². The second kappa shape index (κ2) is 5.81. The van der Waals surface area contributed by atoms with E-state index in [1.807, 2.05) is 0 Å². The molecule has 0 heterocycles. The van der Waals surface area contributed by atoms with E-state index in [2.05, 4.69) is 27.7 Å². The Labute approximate surface area is 76.8 Å². The second-order valence-corrected chi connectivity index (χ2v) is 2.91. The van der Waals surface area contributed by atoms with Crippen LogP contribution < -0.4 is 18.1 Å². The maximum Gasteiger partial charge on any atom is 0.137 e. The minimum atomic E-state index is 0. The molecule has 2 N–H and O–H groups in total. The zero-order valence-electron chi connectivity index (χ0n) is 8.10. The third-order valence-electron chi connectivity index (χ3n) is 2.75. The van der Waals surface area contributed by atoms with Crippen molar-refractivity contribution in [2.75, 3.05) is 19.6 Å². The predicted molar refractivity (Wildman–Crippen MR) is 45.5 cm³/mol. The molecule has 0 radical (unpaired) electrons. The molecule has 0 amide bonds. The summed E-state index contributed by atoms with van der Waals surface area (Å²) < 4.78 is 1.04. The topological polar surface area (TPSA) is 26.0 Å². The van der Waals surface area contributed by atoms with Crippen LogP contribution in [-0.2, 0) is 0 Å². The molecule has 0 rings (SSSR count).